The molecule has 1 unspecified atom stereocenters. The lowest BCUT2D eigenvalue weighted by molar-refractivity contribution is -0.155. The number of hydrogen-bond acceptors (Lipinski definition) is 3. The van der Waals surface area contributed by atoms with Crippen molar-refractivity contribution in [2.75, 3.05) is 11.9 Å². The van der Waals surface area contributed by atoms with Gasteiger partial charge in [-0.25, -0.2) is 9.59 Å². The number of rotatable bonds is 4. The van der Waals surface area contributed by atoms with Gasteiger partial charge < -0.3 is 20.8 Å². The molecule has 7 heteroatoms. The quantitative estimate of drug-likeness (QED) is 0.671. The van der Waals surface area contributed by atoms with Crippen molar-refractivity contribution in [3.63, 3.8) is 0 Å². The number of anilines is 1. The Labute approximate surface area is 125 Å². The molecule has 1 aromatic rings. The fourth-order valence-electron chi connectivity index (χ4n) is 1.52. The molecule has 6 nitrogen and oxygen atoms in total. The van der Waals surface area contributed by atoms with Gasteiger partial charge in [-0.1, -0.05) is 15.9 Å². The fraction of sp³-hybridized carbons (Fsp3) is 0.385. The third-order valence-electron chi connectivity index (χ3n) is 2.75. The highest BCUT2D eigenvalue weighted by atomic mass is 79.9. The number of aliphatic carboxylic acids is 1. The number of aryl methyl sites for hydroxylation is 2. The van der Waals surface area contributed by atoms with Crippen molar-refractivity contribution in [3.05, 3.63) is 27.7 Å². The van der Waals surface area contributed by atoms with Crippen LogP contribution in [-0.2, 0) is 4.79 Å². The molecular formula is C13H17BrN2O4. The second-order valence-electron chi connectivity index (χ2n) is 4.81. The monoisotopic (exact) mass is 344 g/mol. The second kappa shape index (κ2) is 6.23. The van der Waals surface area contributed by atoms with E-state index in [4.69, 9.17) is 5.11 Å². The van der Waals surface area contributed by atoms with Gasteiger partial charge in [-0.3, -0.25) is 0 Å². The van der Waals surface area contributed by atoms with Gasteiger partial charge in [0.2, 0.25) is 0 Å². The van der Waals surface area contributed by atoms with E-state index in [9.17, 15) is 14.7 Å². The number of urea groups is 1. The van der Waals surface area contributed by atoms with Gasteiger partial charge >= 0.3 is 12.0 Å². The zero-order chi connectivity index (χ0) is 15.5. The largest absolute Gasteiger partial charge is 0.479 e. The number of halogens is 1. The number of aliphatic hydroxyl groups is 1. The van der Waals surface area contributed by atoms with Crippen molar-refractivity contribution in [1.29, 1.82) is 0 Å². The Morgan fingerprint density at radius 3 is 2.25 bits per heavy atom. The van der Waals surface area contributed by atoms with Gasteiger partial charge in [-0.15, -0.1) is 0 Å². The van der Waals surface area contributed by atoms with Crippen LogP contribution in [-0.4, -0.2) is 34.4 Å². The molecule has 0 saturated heterocycles. The number of benzene rings is 1. The lowest BCUT2D eigenvalue weighted by atomic mass is 10.1. The summed E-state index contributed by atoms with van der Waals surface area (Å²) in [6, 6.07) is 2.99. The smallest absolute Gasteiger partial charge is 0.337 e. The predicted octanol–water partition coefficient (Wildman–Crippen LogP) is 2.02. The lowest BCUT2D eigenvalue weighted by Gasteiger charge is -2.18. The number of carbonyl (C=O) groups excluding carboxylic acids is 1. The van der Waals surface area contributed by atoms with Crippen molar-refractivity contribution in [2.45, 2.75) is 26.4 Å². The molecule has 0 radical (unpaired) electrons. The highest BCUT2D eigenvalue weighted by molar-refractivity contribution is 9.10. The minimum Gasteiger partial charge on any atom is -0.479 e. The van der Waals surface area contributed by atoms with Gasteiger partial charge in [0.25, 0.3) is 0 Å². The minimum atomic E-state index is -2.00. The maximum atomic E-state index is 11.7. The van der Waals surface area contributed by atoms with Gasteiger partial charge in [-0.05, 0) is 44.0 Å². The Balaban J connectivity index is 2.66. The number of amides is 2. The normalized spacial score (nSPS) is 13.4. The summed E-state index contributed by atoms with van der Waals surface area (Å²) in [5.74, 6) is -1.40. The fourth-order valence-corrected chi connectivity index (χ4v) is 1.75. The molecule has 0 aliphatic carbocycles. The van der Waals surface area contributed by atoms with Crippen molar-refractivity contribution < 1.29 is 19.8 Å². The maximum absolute atomic E-state index is 11.7. The molecule has 1 rings (SSSR count). The van der Waals surface area contributed by atoms with Gasteiger partial charge in [0.05, 0.1) is 6.54 Å². The number of carboxylic acid groups (broad SMARTS) is 1. The minimum absolute atomic E-state index is 0.386. The summed E-state index contributed by atoms with van der Waals surface area (Å²) in [5.41, 5.74) is 0.537. The van der Waals surface area contributed by atoms with Crippen molar-refractivity contribution in [3.8, 4) is 0 Å². The van der Waals surface area contributed by atoms with E-state index in [1.54, 1.807) is 12.1 Å². The number of carboxylic acids is 1. The lowest BCUT2D eigenvalue weighted by Crippen LogP contribution is -2.47. The van der Waals surface area contributed by atoms with E-state index in [0.717, 1.165) is 22.5 Å². The van der Waals surface area contributed by atoms with Crippen LogP contribution in [0.25, 0.3) is 0 Å². The van der Waals surface area contributed by atoms with Gasteiger partial charge in [0.15, 0.2) is 5.60 Å². The standard InChI is InChI=1S/C13H17BrN2O4/c1-7-4-9(5-8(2)10(7)14)16-12(19)15-6-13(3,20)11(17)18/h4-5,20H,6H2,1-3H3,(H,17,18)(H2,15,16,19). The first-order chi connectivity index (χ1) is 9.13. The number of hydrogen-bond donors (Lipinski definition) is 4. The number of nitrogens with one attached hydrogen (secondary N) is 2. The molecule has 1 atom stereocenters. The Morgan fingerprint density at radius 1 is 1.30 bits per heavy atom. The maximum Gasteiger partial charge on any atom is 0.337 e. The highest BCUT2D eigenvalue weighted by Crippen LogP contribution is 2.24. The highest BCUT2D eigenvalue weighted by Gasteiger charge is 2.30. The van der Waals surface area contributed by atoms with E-state index >= 15 is 0 Å². The molecule has 0 fully saturated rings. The Hall–Kier alpha value is -1.60. The van der Waals surface area contributed by atoms with Gasteiger partial charge in [0, 0.05) is 10.2 Å². The van der Waals surface area contributed by atoms with E-state index in [2.05, 4.69) is 26.6 Å². The molecule has 20 heavy (non-hydrogen) atoms. The zero-order valence-electron chi connectivity index (χ0n) is 11.5. The summed E-state index contributed by atoms with van der Waals surface area (Å²) in [7, 11) is 0. The van der Waals surface area contributed by atoms with Gasteiger partial charge in [-0.2, -0.15) is 0 Å². The molecule has 4 N–H and O–H groups in total. The molecule has 0 heterocycles. The molecule has 0 aliphatic rings. The van der Waals surface area contributed by atoms with Crippen LogP contribution in [0.1, 0.15) is 18.1 Å². The third-order valence-corrected chi connectivity index (χ3v) is 4.00. The topological polar surface area (TPSA) is 98.7 Å². The van der Waals surface area contributed by atoms with E-state index in [0.29, 0.717) is 5.69 Å². The molecule has 0 spiro atoms. The van der Waals surface area contributed by atoms with Crippen molar-refractivity contribution >= 4 is 33.6 Å². The van der Waals surface area contributed by atoms with Crippen LogP contribution in [0.15, 0.2) is 16.6 Å². The Bertz CT molecular complexity index is 520. The molecule has 0 aliphatic heterocycles. The predicted molar refractivity (Wildman–Crippen MR) is 78.9 cm³/mol. The molecule has 0 aromatic heterocycles. The van der Waals surface area contributed by atoms with Gasteiger partial charge in [0.1, 0.15) is 0 Å². The molecule has 1 aromatic carbocycles. The van der Waals surface area contributed by atoms with Crippen LogP contribution in [0.5, 0.6) is 0 Å². The molecule has 110 valence electrons. The first-order valence-electron chi connectivity index (χ1n) is 5.91. The average molecular weight is 345 g/mol. The average Bonchev–Trinajstić information content (AvgIpc) is 2.33. The summed E-state index contributed by atoms with van der Waals surface area (Å²) in [6.07, 6.45) is 0. The van der Waals surface area contributed by atoms with Crippen LogP contribution >= 0.6 is 15.9 Å². The summed E-state index contributed by atoms with van der Waals surface area (Å²) in [4.78, 5) is 22.3. The Kier molecular flexibility index (Phi) is 5.13. The SMILES string of the molecule is Cc1cc(NC(=O)NCC(C)(O)C(=O)O)cc(C)c1Br. The third kappa shape index (κ3) is 4.21. The molecular weight excluding hydrogens is 328 g/mol. The first kappa shape index (κ1) is 16.5. The van der Waals surface area contributed by atoms with Crippen molar-refractivity contribution in [2.24, 2.45) is 0 Å². The van der Waals surface area contributed by atoms with Crippen LogP contribution in [0.4, 0.5) is 10.5 Å². The van der Waals surface area contributed by atoms with E-state index in [1.165, 1.54) is 0 Å². The van der Waals surface area contributed by atoms with E-state index < -0.39 is 17.6 Å². The first-order valence-corrected chi connectivity index (χ1v) is 6.70. The molecule has 0 saturated carbocycles. The molecule has 2 amide bonds. The molecule has 0 bridgehead atoms. The van der Waals surface area contributed by atoms with Crippen LogP contribution in [0.3, 0.4) is 0 Å². The summed E-state index contributed by atoms with van der Waals surface area (Å²) in [6.45, 7) is 4.52. The zero-order valence-corrected chi connectivity index (χ0v) is 13.0. The van der Waals surface area contributed by atoms with Crippen LogP contribution < -0.4 is 10.6 Å². The Morgan fingerprint density at radius 2 is 1.80 bits per heavy atom. The summed E-state index contributed by atoms with van der Waals surface area (Å²) in [5, 5.41) is 23.1. The number of carbonyl (C=O) groups is 2. The summed E-state index contributed by atoms with van der Waals surface area (Å²) >= 11 is 3.43. The van der Waals surface area contributed by atoms with E-state index in [1.807, 2.05) is 13.8 Å². The van der Waals surface area contributed by atoms with E-state index in [-0.39, 0.29) is 6.54 Å². The summed E-state index contributed by atoms with van der Waals surface area (Å²) < 4.78 is 0.970. The second-order valence-corrected chi connectivity index (χ2v) is 5.60. The van der Waals surface area contributed by atoms with Crippen molar-refractivity contribution in [1.82, 2.24) is 5.32 Å². The van der Waals surface area contributed by atoms with Crippen LogP contribution in [0.2, 0.25) is 0 Å². The van der Waals surface area contributed by atoms with Crippen LogP contribution in [0, 0.1) is 13.8 Å².